The molecule has 2 aliphatic rings. The highest BCUT2D eigenvalue weighted by molar-refractivity contribution is 6.09. The van der Waals surface area contributed by atoms with E-state index >= 15 is 0 Å². The van der Waals surface area contributed by atoms with E-state index in [0.29, 0.717) is 18.4 Å². The molecule has 0 bridgehead atoms. The second kappa shape index (κ2) is 8.70. The fraction of sp³-hybridized carbons (Fsp3) is 0.360. The number of nitrogens with zero attached hydrogens (tertiary/aromatic N) is 1. The van der Waals surface area contributed by atoms with Crippen molar-refractivity contribution in [3.05, 3.63) is 64.7 Å². The van der Waals surface area contributed by atoms with Gasteiger partial charge in [0.05, 0.1) is 6.42 Å². The maximum atomic E-state index is 13.0. The lowest BCUT2D eigenvalue weighted by atomic mass is 9.80. The van der Waals surface area contributed by atoms with Crippen molar-refractivity contribution >= 4 is 23.3 Å². The zero-order valence-electron chi connectivity index (χ0n) is 18.4. The summed E-state index contributed by atoms with van der Waals surface area (Å²) in [6.07, 6.45) is -3.87. The van der Waals surface area contributed by atoms with Gasteiger partial charge in [-0.15, -0.1) is 13.2 Å². The van der Waals surface area contributed by atoms with Crippen LogP contribution in [0.25, 0.3) is 0 Å². The number of amides is 1. The first-order chi connectivity index (χ1) is 16.0. The van der Waals surface area contributed by atoms with Crippen molar-refractivity contribution in [1.82, 2.24) is 4.90 Å². The average Bonchev–Trinajstić information content (AvgIpc) is 3.11. The van der Waals surface area contributed by atoms with E-state index in [4.69, 9.17) is 0 Å². The number of fused-ring (bicyclic) bond motifs is 1. The molecule has 2 aromatic carbocycles. The number of carbonyl (C=O) groups excluding carboxylic acids is 4. The molecule has 0 spiro atoms. The molecule has 2 aromatic rings. The number of aryl methyl sites for hydroxylation is 1. The Morgan fingerprint density at radius 3 is 2.44 bits per heavy atom. The topological polar surface area (TPSA) is 80.8 Å². The standard InChI is InChI=1S/C25H22F3NO5/c1-24(11-10-18(30)13-22(24)32)29-14-17-12-15(2-8-20(17)23(29)33)3-9-21(31)16-4-6-19(7-5-16)34-25(26,27)28/h2,4-8,12H,3,9-11,13-14H2,1H3/t24-/m0/s1. The number of carbonyl (C=O) groups is 4. The Bertz CT molecular complexity index is 1170. The van der Waals surface area contributed by atoms with Gasteiger partial charge >= 0.3 is 6.36 Å². The summed E-state index contributed by atoms with van der Waals surface area (Å²) in [6, 6.07) is 10.0. The number of hydrogen-bond donors (Lipinski definition) is 0. The molecular formula is C25H22F3NO5. The van der Waals surface area contributed by atoms with Gasteiger partial charge in [0, 0.05) is 30.5 Å². The summed E-state index contributed by atoms with van der Waals surface area (Å²) in [4.78, 5) is 51.1. The Hall–Kier alpha value is -3.49. The fourth-order valence-corrected chi connectivity index (χ4v) is 4.44. The number of alkyl halides is 3. The minimum atomic E-state index is -4.80. The quantitative estimate of drug-likeness (QED) is 0.458. The van der Waals surface area contributed by atoms with Crippen molar-refractivity contribution in [1.29, 1.82) is 0 Å². The van der Waals surface area contributed by atoms with Crippen molar-refractivity contribution < 1.29 is 37.1 Å². The van der Waals surface area contributed by atoms with Crippen LogP contribution in [0.2, 0.25) is 0 Å². The summed E-state index contributed by atoms with van der Waals surface area (Å²) in [5, 5.41) is 0. The van der Waals surface area contributed by atoms with Gasteiger partial charge in [-0.2, -0.15) is 0 Å². The number of Topliss-reactive ketones (excluding diaryl/α,β-unsaturated/α-hetero) is 3. The Kier molecular flexibility index (Phi) is 6.05. The maximum absolute atomic E-state index is 13.0. The molecule has 1 saturated carbocycles. The molecule has 1 aliphatic heterocycles. The summed E-state index contributed by atoms with van der Waals surface area (Å²) in [5.74, 6) is -1.24. The second-order valence-electron chi connectivity index (χ2n) is 8.79. The van der Waals surface area contributed by atoms with Gasteiger partial charge < -0.3 is 9.64 Å². The van der Waals surface area contributed by atoms with Gasteiger partial charge in [-0.25, -0.2) is 0 Å². The summed E-state index contributed by atoms with van der Waals surface area (Å²) in [5.41, 5.74) is 1.35. The molecule has 1 amide bonds. The molecule has 178 valence electrons. The summed E-state index contributed by atoms with van der Waals surface area (Å²) in [6.45, 7) is 1.96. The number of halogens is 3. The summed E-state index contributed by atoms with van der Waals surface area (Å²) < 4.78 is 40.6. The molecule has 0 saturated heterocycles. The third-order valence-corrected chi connectivity index (χ3v) is 6.47. The Balaban J connectivity index is 1.41. The highest BCUT2D eigenvalue weighted by Crippen LogP contribution is 2.36. The van der Waals surface area contributed by atoms with Crippen LogP contribution >= 0.6 is 0 Å². The highest BCUT2D eigenvalue weighted by Gasteiger charge is 2.47. The van der Waals surface area contributed by atoms with Crippen molar-refractivity contribution in [2.24, 2.45) is 0 Å². The lowest BCUT2D eigenvalue weighted by molar-refractivity contribution is -0.274. The minimum Gasteiger partial charge on any atom is -0.406 e. The first kappa shape index (κ1) is 23.7. The molecule has 0 unspecified atom stereocenters. The predicted molar refractivity (Wildman–Crippen MR) is 114 cm³/mol. The number of hydrogen-bond acceptors (Lipinski definition) is 5. The van der Waals surface area contributed by atoms with E-state index in [1.807, 2.05) is 6.07 Å². The SMILES string of the molecule is C[C@]1(N2Cc3cc(CCC(=O)c4ccc(OC(F)(F)F)cc4)ccc3C2=O)CCC(=O)CC1=O. The van der Waals surface area contributed by atoms with Gasteiger partial charge in [0.2, 0.25) is 0 Å². The lowest BCUT2D eigenvalue weighted by Crippen LogP contribution is -2.55. The van der Waals surface area contributed by atoms with Crippen molar-refractivity contribution in [3.63, 3.8) is 0 Å². The molecule has 0 aromatic heterocycles. The van der Waals surface area contributed by atoms with E-state index in [1.165, 1.54) is 17.0 Å². The average molecular weight is 473 g/mol. The maximum Gasteiger partial charge on any atom is 0.573 e. The van der Waals surface area contributed by atoms with E-state index in [-0.39, 0.29) is 54.6 Å². The molecule has 6 nitrogen and oxygen atoms in total. The number of rotatable bonds is 6. The summed E-state index contributed by atoms with van der Waals surface area (Å²) >= 11 is 0. The van der Waals surface area contributed by atoms with Crippen LogP contribution in [0.3, 0.4) is 0 Å². The first-order valence-corrected chi connectivity index (χ1v) is 10.8. The van der Waals surface area contributed by atoms with Gasteiger partial charge in [0.25, 0.3) is 5.91 Å². The van der Waals surface area contributed by atoms with Crippen LogP contribution in [0.15, 0.2) is 42.5 Å². The van der Waals surface area contributed by atoms with E-state index in [9.17, 15) is 32.3 Å². The Labute approximate surface area is 193 Å². The number of ether oxygens (including phenoxy) is 1. The van der Waals surface area contributed by atoms with E-state index in [2.05, 4.69) is 4.74 Å². The monoisotopic (exact) mass is 473 g/mol. The first-order valence-electron chi connectivity index (χ1n) is 10.8. The van der Waals surface area contributed by atoms with E-state index in [0.717, 1.165) is 23.3 Å². The number of ketones is 3. The molecular weight excluding hydrogens is 451 g/mol. The summed E-state index contributed by atoms with van der Waals surface area (Å²) in [7, 11) is 0. The van der Waals surface area contributed by atoms with Crippen molar-refractivity contribution in [2.45, 2.75) is 57.5 Å². The van der Waals surface area contributed by atoms with Crippen molar-refractivity contribution in [3.8, 4) is 5.75 Å². The van der Waals surface area contributed by atoms with Crippen LogP contribution in [0, 0.1) is 0 Å². The van der Waals surface area contributed by atoms with Gasteiger partial charge in [-0.05, 0) is 61.2 Å². The molecule has 1 atom stereocenters. The van der Waals surface area contributed by atoms with Crippen LogP contribution in [0.5, 0.6) is 5.75 Å². The smallest absolute Gasteiger partial charge is 0.406 e. The van der Waals surface area contributed by atoms with Crippen molar-refractivity contribution in [2.75, 3.05) is 0 Å². The molecule has 0 radical (unpaired) electrons. The van der Waals surface area contributed by atoms with Crippen LogP contribution in [0.1, 0.15) is 64.4 Å². The second-order valence-corrected chi connectivity index (χ2v) is 8.79. The molecule has 1 fully saturated rings. The van der Waals surface area contributed by atoms with E-state index in [1.54, 1.807) is 19.1 Å². The highest BCUT2D eigenvalue weighted by atomic mass is 19.4. The van der Waals surface area contributed by atoms with Crippen LogP contribution in [-0.2, 0) is 22.6 Å². The molecule has 9 heteroatoms. The molecule has 34 heavy (non-hydrogen) atoms. The van der Waals surface area contributed by atoms with Gasteiger partial charge in [0.1, 0.15) is 17.1 Å². The van der Waals surface area contributed by atoms with Crippen LogP contribution < -0.4 is 4.74 Å². The van der Waals surface area contributed by atoms with E-state index < -0.39 is 17.7 Å². The van der Waals surface area contributed by atoms with Gasteiger partial charge in [-0.3, -0.25) is 19.2 Å². The van der Waals surface area contributed by atoms with Crippen LogP contribution in [-0.4, -0.2) is 40.1 Å². The Morgan fingerprint density at radius 1 is 1.09 bits per heavy atom. The lowest BCUT2D eigenvalue weighted by Gasteiger charge is -2.39. The molecule has 4 rings (SSSR count). The van der Waals surface area contributed by atoms with Gasteiger partial charge in [-0.1, -0.05) is 12.1 Å². The zero-order valence-corrected chi connectivity index (χ0v) is 18.4. The van der Waals surface area contributed by atoms with Gasteiger partial charge in [0.15, 0.2) is 11.6 Å². The third-order valence-electron chi connectivity index (χ3n) is 6.47. The largest absolute Gasteiger partial charge is 0.573 e. The minimum absolute atomic E-state index is 0.110. The normalized spacial score (nSPS) is 20.5. The van der Waals surface area contributed by atoms with Crippen LogP contribution in [0.4, 0.5) is 13.2 Å². The third kappa shape index (κ3) is 4.73. The molecule has 0 N–H and O–H groups in total. The fourth-order valence-electron chi connectivity index (χ4n) is 4.44. The Morgan fingerprint density at radius 2 is 1.79 bits per heavy atom. The zero-order chi connectivity index (χ0) is 24.7. The predicted octanol–water partition coefficient (Wildman–Crippen LogP) is 4.44. The number of benzene rings is 2. The molecule has 1 aliphatic carbocycles. The molecule has 1 heterocycles.